The van der Waals surface area contributed by atoms with Crippen molar-refractivity contribution < 1.29 is 19.8 Å². The van der Waals surface area contributed by atoms with E-state index in [1.807, 2.05) is 0 Å². The topological polar surface area (TPSA) is 74.6 Å². The van der Waals surface area contributed by atoms with Crippen molar-refractivity contribution in [2.45, 2.75) is 52.2 Å². The predicted molar refractivity (Wildman–Crippen MR) is 93.3 cm³/mol. The second-order valence-corrected chi connectivity index (χ2v) is 8.63. The van der Waals surface area contributed by atoms with Gasteiger partial charge in [0.05, 0.1) is 0 Å². The Balaban J connectivity index is 1.72. The Morgan fingerprint density at radius 2 is 2.00 bits per heavy atom. The molecule has 0 spiro atoms. The van der Waals surface area contributed by atoms with Crippen LogP contribution in [0.4, 0.5) is 0 Å². The van der Waals surface area contributed by atoms with Crippen molar-refractivity contribution in [1.29, 1.82) is 0 Å². The molecule has 2 saturated carbocycles. The summed E-state index contributed by atoms with van der Waals surface area (Å²) in [6, 6.07) is 0. The molecule has 2 fully saturated rings. The Bertz CT molecular complexity index is 728. The van der Waals surface area contributed by atoms with Crippen LogP contribution < -0.4 is 0 Å². The van der Waals surface area contributed by atoms with Gasteiger partial charge in [-0.15, -0.1) is 0 Å². The molecule has 134 valence electrons. The number of rotatable bonds is 2. The number of aliphatic hydroxyl groups is 2. The Labute approximate surface area is 148 Å². The Morgan fingerprint density at radius 1 is 1.24 bits per heavy atom. The van der Waals surface area contributed by atoms with Crippen LogP contribution in [0.25, 0.3) is 0 Å². The van der Waals surface area contributed by atoms with Gasteiger partial charge in [0, 0.05) is 11.3 Å². The van der Waals surface area contributed by atoms with Crippen molar-refractivity contribution in [3.05, 3.63) is 35.5 Å². The van der Waals surface area contributed by atoms with Crippen LogP contribution in [-0.4, -0.2) is 28.1 Å². The molecule has 4 heteroatoms. The third-order valence-corrected chi connectivity index (χ3v) is 7.54. The van der Waals surface area contributed by atoms with Gasteiger partial charge in [-0.1, -0.05) is 30.2 Å². The lowest BCUT2D eigenvalue weighted by atomic mass is 9.52. The van der Waals surface area contributed by atoms with Crippen LogP contribution in [0.1, 0.15) is 46.0 Å². The molecule has 0 radical (unpaired) electrons. The quantitative estimate of drug-likeness (QED) is 0.598. The highest BCUT2D eigenvalue weighted by atomic mass is 16.5. The van der Waals surface area contributed by atoms with Crippen molar-refractivity contribution in [2.24, 2.45) is 28.6 Å². The summed E-state index contributed by atoms with van der Waals surface area (Å²) < 4.78 is 0. The minimum absolute atomic E-state index is 0.0793. The molecule has 4 aliphatic rings. The highest BCUT2D eigenvalue weighted by Gasteiger charge is 2.57. The Hall–Kier alpha value is -1.52. The Kier molecular flexibility index (Phi) is 3.71. The summed E-state index contributed by atoms with van der Waals surface area (Å²) in [5.74, 6) is 0.184. The van der Waals surface area contributed by atoms with Gasteiger partial charge in [-0.25, -0.2) is 0 Å². The van der Waals surface area contributed by atoms with Gasteiger partial charge in [0.25, 0.3) is 0 Å². The molecule has 0 heterocycles. The standard InChI is InChI=1S/C21H26O4/c1-20-9-7-13(22)11-12(20)3-4-14-15-5-6-17(18(23)19(24)25)21(15,2)10-8-16(14)20/h7-9,11,14-15,17,19,24-25H,3-6,10H2,1-2H3/t14-,15-,17+,20-,21-/m0/s1. The van der Waals surface area contributed by atoms with Crippen molar-refractivity contribution in [3.8, 4) is 0 Å². The third-order valence-electron chi connectivity index (χ3n) is 7.54. The van der Waals surface area contributed by atoms with Crippen molar-refractivity contribution in [2.75, 3.05) is 0 Å². The molecule has 0 unspecified atom stereocenters. The zero-order valence-electron chi connectivity index (χ0n) is 14.9. The summed E-state index contributed by atoms with van der Waals surface area (Å²) in [5, 5.41) is 18.8. The average Bonchev–Trinajstić information content (AvgIpc) is 2.92. The molecule has 2 N–H and O–H groups in total. The van der Waals surface area contributed by atoms with Gasteiger partial charge in [0.1, 0.15) is 0 Å². The number of hydrogen-bond donors (Lipinski definition) is 2. The van der Waals surface area contributed by atoms with E-state index in [-0.39, 0.29) is 22.5 Å². The monoisotopic (exact) mass is 342 g/mol. The van der Waals surface area contributed by atoms with Gasteiger partial charge in [0.15, 0.2) is 11.6 Å². The van der Waals surface area contributed by atoms with E-state index in [2.05, 4.69) is 26.0 Å². The van der Waals surface area contributed by atoms with E-state index < -0.39 is 12.1 Å². The van der Waals surface area contributed by atoms with E-state index in [9.17, 15) is 19.8 Å². The molecule has 5 atom stereocenters. The molecule has 0 amide bonds. The maximum atomic E-state index is 12.3. The zero-order valence-corrected chi connectivity index (χ0v) is 14.9. The number of Topliss-reactive ketones (excluding diaryl/α,β-unsaturated/α-hetero) is 1. The van der Waals surface area contributed by atoms with Crippen molar-refractivity contribution in [3.63, 3.8) is 0 Å². The molecule has 0 aromatic carbocycles. The van der Waals surface area contributed by atoms with Gasteiger partial charge in [-0.2, -0.15) is 0 Å². The normalized spacial score (nSPS) is 42.4. The van der Waals surface area contributed by atoms with Crippen LogP contribution in [0.3, 0.4) is 0 Å². The lowest BCUT2D eigenvalue weighted by Gasteiger charge is -2.52. The van der Waals surface area contributed by atoms with E-state index in [4.69, 9.17) is 0 Å². The third kappa shape index (κ3) is 2.27. The summed E-state index contributed by atoms with van der Waals surface area (Å²) in [5.41, 5.74) is 2.24. The zero-order chi connectivity index (χ0) is 18.0. The lowest BCUT2D eigenvalue weighted by molar-refractivity contribution is -0.153. The number of fused-ring (bicyclic) bond motifs is 5. The molecule has 0 bridgehead atoms. The van der Waals surface area contributed by atoms with Crippen LogP contribution in [0, 0.1) is 28.6 Å². The number of hydrogen-bond acceptors (Lipinski definition) is 4. The molecule has 0 aromatic heterocycles. The van der Waals surface area contributed by atoms with E-state index in [0.717, 1.165) is 32.1 Å². The summed E-state index contributed by atoms with van der Waals surface area (Å²) in [7, 11) is 0. The minimum Gasteiger partial charge on any atom is -0.362 e. The van der Waals surface area contributed by atoms with E-state index in [0.29, 0.717) is 11.8 Å². The maximum Gasteiger partial charge on any atom is 0.213 e. The van der Waals surface area contributed by atoms with Crippen LogP contribution >= 0.6 is 0 Å². The second kappa shape index (κ2) is 5.49. The maximum absolute atomic E-state index is 12.3. The first-order valence-corrected chi connectivity index (χ1v) is 9.32. The molecule has 4 aliphatic carbocycles. The van der Waals surface area contributed by atoms with Crippen LogP contribution in [0.2, 0.25) is 0 Å². The first-order valence-electron chi connectivity index (χ1n) is 9.32. The SMILES string of the molecule is C[C@]12C=CC(=O)C=C1CC[C@@H]1C2=CC[C@]2(C)[C@@H](C(=O)C(O)O)CC[C@@H]12. The van der Waals surface area contributed by atoms with Gasteiger partial charge in [-0.05, 0) is 68.4 Å². The van der Waals surface area contributed by atoms with Crippen LogP contribution in [-0.2, 0) is 9.59 Å². The molecule has 0 saturated heterocycles. The number of allylic oxidation sites excluding steroid dienone is 6. The fourth-order valence-corrected chi connectivity index (χ4v) is 6.17. The van der Waals surface area contributed by atoms with Gasteiger partial charge >= 0.3 is 0 Å². The lowest BCUT2D eigenvalue weighted by Crippen LogP contribution is -2.46. The van der Waals surface area contributed by atoms with Crippen LogP contribution in [0.15, 0.2) is 35.5 Å². The summed E-state index contributed by atoms with van der Waals surface area (Å²) >= 11 is 0. The average molecular weight is 342 g/mol. The number of carbonyl (C=O) groups excluding carboxylic acids is 2. The largest absolute Gasteiger partial charge is 0.362 e. The van der Waals surface area contributed by atoms with Gasteiger partial charge in [-0.3, -0.25) is 9.59 Å². The molecule has 0 aromatic rings. The molecular formula is C21H26O4. The smallest absolute Gasteiger partial charge is 0.213 e. The molecular weight excluding hydrogens is 316 g/mol. The fourth-order valence-electron chi connectivity index (χ4n) is 6.17. The van der Waals surface area contributed by atoms with Crippen molar-refractivity contribution >= 4 is 11.6 Å². The molecule has 4 rings (SSSR count). The van der Waals surface area contributed by atoms with Crippen molar-refractivity contribution in [1.82, 2.24) is 0 Å². The first-order chi connectivity index (χ1) is 11.8. The molecule has 4 nitrogen and oxygen atoms in total. The van der Waals surface area contributed by atoms with E-state index >= 15 is 0 Å². The Morgan fingerprint density at radius 3 is 2.72 bits per heavy atom. The minimum atomic E-state index is -1.86. The summed E-state index contributed by atoms with van der Waals surface area (Å²) in [4.78, 5) is 24.1. The fraction of sp³-hybridized carbons (Fsp3) is 0.619. The molecule has 25 heavy (non-hydrogen) atoms. The highest BCUT2D eigenvalue weighted by molar-refractivity contribution is 6.01. The predicted octanol–water partition coefficient (Wildman–Crippen LogP) is 2.71. The summed E-state index contributed by atoms with van der Waals surface area (Å²) in [6.07, 6.45) is 10.4. The second-order valence-electron chi connectivity index (χ2n) is 8.63. The highest BCUT2D eigenvalue weighted by Crippen LogP contribution is 2.63. The number of aliphatic hydroxyl groups excluding tert-OH is 1. The van der Waals surface area contributed by atoms with Crippen LogP contribution in [0.5, 0.6) is 0 Å². The first kappa shape index (κ1) is 16.9. The summed E-state index contributed by atoms with van der Waals surface area (Å²) in [6.45, 7) is 4.36. The van der Waals surface area contributed by atoms with E-state index in [1.165, 1.54) is 11.1 Å². The molecule has 0 aliphatic heterocycles. The van der Waals surface area contributed by atoms with E-state index in [1.54, 1.807) is 12.2 Å². The van der Waals surface area contributed by atoms with Gasteiger partial charge in [0.2, 0.25) is 6.29 Å². The number of carbonyl (C=O) groups is 2. The number of ketones is 2. The van der Waals surface area contributed by atoms with Gasteiger partial charge < -0.3 is 10.2 Å².